The average molecular weight is 595 g/mol. The molecule has 1 N–H and O–H groups in total. The average Bonchev–Trinajstić information content (AvgIpc) is 3.29. The third kappa shape index (κ3) is 6.98. The van der Waals surface area contributed by atoms with Crippen LogP contribution in [0.25, 0.3) is 22.6 Å². The van der Waals surface area contributed by atoms with Gasteiger partial charge in [-0.15, -0.1) is 0 Å². The first-order valence-electron chi connectivity index (χ1n) is 14.5. The van der Waals surface area contributed by atoms with Gasteiger partial charge >= 0.3 is 12.1 Å². The largest absolute Gasteiger partial charge is 0.463 e. The number of esters is 1. The molecule has 0 radical (unpaired) electrons. The van der Waals surface area contributed by atoms with Gasteiger partial charge in [0, 0.05) is 18.2 Å². The van der Waals surface area contributed by atoms with Crippen LogP contribution in [0.2, 0.25) is 0 Å². The van der Waals surface area contributed by atoms with Crippen molar-refractivity contribution < 1.29 is 22.7 Å². The van der Waals surface area contributed by atoms with E-state index < -0.39 is 17.7 Å². The Morgan fingerprint density at radius 1 is 1.12 bits per heavy atom. The van der Waals surface area contributed by atoms with Gasteiger partial charge in [-0.2, -0.15) is 13.2 Å². The highest BCUT2D eigenvalue weighted by Crippen LogP contribution is 2.36. The molecule has 0 spiro atoms. The van der Waals surface area contributed by atoms with Gasteiger partial charge in [-0.05, 0) is 82.9 Å². The number of nitrogens with zero attached hydrogens (tertiary/aromatic N) is 5. The van der Waals surface area contributed by atoms with Gasteiger partial charge in [-0.25, -0.2) is 19.7 Å². The minimum Gasteiger partial charge on any atom is -0.463 e. The highest BCUT2D eigenvalue weighted by atomic mass is 19.4. The number of anilines is 1. The number of aromatic nitrogens is 4. The Bertz CT molecular complexity index is 1580. The fourth-order valence-corrected chi connectivity index (χ4v) is 5.53. The van der Waals surface area contributed by atoms with Crippen LogP contribution in [-0.4, -0.2) is 64.2 Å². The number of fused-ring (bicyclic) bond motifs is 1. The number of carbonyl (C=O) groups is 1. The van der Waals surface area contributed by atoms with Gasteiger partial charge in [0.05, 0.1) is 12.7 Å². The summed E-state index contributed by atoms with van der Waals surface area (Å²) in [4.78, 5) is 28.8. The maximum Gasteiger partial charge on any atom is 0.416 e. The summed E-state index contributed by atoms with van der Waals surface area (Å²) in [6.45, 7) is 3.15. The molecule has 1 fully saturated rings. The highest BCUT2D eigenvalue weighted by Gasteiger charge is 2.31. The lowest BCUT2D eigenvalue weighted by atomic mass is 9.78. The van der Waals surface area contributed by atoms with Crippen molar-refractivity contribution in [2.45, 2.75) is 57.8 Å². The first-order chi connectivity index (χ1) is 20.5. The van der Waals surface area contributed by atoms with Crippen LogP contribution in [0.3, 0.4) is 0 Å². The second-order valence-electron chi connectivity index (χ2n) is 11.5. The standard InChI is InChI=1S/C32H37F3N6O2/c1-20-8-5-11-23(18-20)30-39-28-26(41(30)19-21-13-15-24(16-14-21)32(33,34)35)27(37-29(38-28)31(42)43-4)36-25(22-9-6-10-22)12-7-17-40(2)3/h5,8,11,13-16,18,22,25H,6-7,9-10,12,17,19H2,1-4H3,(H,36,37,38). The van der Waals surface area contributed by atoms with Crippen LogP contribution in [0.1, 0.15) is 59.4 Å². The number of methoxy groups -OCH3 is 1. The normalized spacial score (nSPS) is 14.6. The van der Waals surface area contributed by atoms with Crippen molar-refractivity contribution in [2.75, 3.05) is 33.1 Å². The Balaban J connectivity index is 1.65. The lowest BCUT2D eigenvalue weighted by Gasteiger charge is -2.35. The van der Waals surface area contributed by atoms with Crippen molar-refractivity contribution in [3.63, 3.8) is 0 Å². The molecule has 4 aromatic rings. The second-order valence-corrected chi connectivity index (χ2v) is 11.5. The number of halogens is 3. The van der Waals surface area contributed by atoms with E-state index in [1.807, 2.05) is 35.8 Å². The Labute approximate surface area is 249 Å². The number of alkyl halides is 3. The van der Waals surface area contributed by atoms with Gasteiger partial charge in [0.15, 0.2) is 11.5 Å². The van der Waals surface area contributed by atoms with Crippen LogP contribution in [0.15, 0.2) is 48.5 Å². The lowest BCUT2D eigenvalue weighted by Crippen LogP contribution is -2.35. The molecule has 1 aliphatic carbocycles. The van der Waals surface area contributed by atoms with Crippen LogP contribution in [0.4, 0.5) is 19.0 Å². The Hall–Kier alpha value is -3.99. The van der Waals surface area contributed by atoms with E-state index in [1.54, 1.807) is 0 Å². The van der Waals surface area contributed by atoms with Crippen molar-refractivity contribution in [1.29, 1.82) is 0 Å². The smallest absolute Gasteiger partial charge is 0.416 e. The van der Waals surface area contributed by atoms with E-state index in [-0.39, 0.29) is 18.4 Å². The number of imidazole rings is 1. The first-order valence-corrected chi connectivity index (χ1v) is 14.5. The summed E-state index contributed by atoms with van der Waals surface area (Å²) in [7, 11) is 5.38. The van der Waals surface area contributed by atoms with Crippen LogP contribution in [0, 0.1) is 12.8 Å². The topological polar surface area (TPSA) is 85.2 Å². The van der Waals surface area contributed by atoms with Gasteiger partial charge in [-0.3, -0.25) is 0 Å². The third-order valence-corrected chi connectivity index (χ3v) is 8.03. The van der Waals surface area contributed by atoms with Gasteiger partial charge in [-0.1, -0.05) is 42.3 Å². The molecule has 5 rings (SSSR count). The first kappa shape index (κ1) is 30.5. The molecule has 11 heteroatoms. The Morgan fingerprint density at radius 2 is 1.86 bits per heavy atom. The van der Waals surface area contributed by atoms with E-state index >= 15 is 0 Å². The fraction of sp³-hybridized carbons (Fsp3) is 0.438. The van der Waals surface area contributed by atoms with Crippen molar-refractivity contribution in [1.82, 2.24) is 24.4 Å². The summed E-state index contributed by atoms with van der Waals surface area (Å²) in [6.07, 6.45) is 0.865. The van der Waals surface area contributed by atoms with Crippen LogP contribution < -0.4 is 5.32 Å². The molecular weight excluding hydrogens is 557 g/mol. The number of rotatable bonds is 11. The van der Waals surface area contributed by atoms with Crippen molar-refractivity contribution in [2.24, 2.45) is 5.92 Å². The quantitative estimate of drug-likeness (QED) is 0.197. The van der Waals surface area contributed by atoms with Gasteiger partial charge < -0.3 is 19.5 Å². The number of ether oxygens (including phenoxy) is 1. The minimum absolute atomic E-state index is 0.104. The minimum atomic E-state index is -4.43. The maximum absolute atomic E-state index is 13.3. The van der Waals surface area contributed by atoms with Gasteiger partial charge in [0.2, 0.25) is 5.82 Å². The molecule has 1 aliphatic rings. The molecule has 1 atom stereocenters. The molecule has 0 amide bonds. The molecule has 43 heavy (non-hydrogen) atoms. The van der Waals surface area contributed by atoms with E-state index in [1.165, 1.54) is 25.7 Å². The lowest BCUT2D eigenvalue weighted by molar-refractivity contribution is -0.137. The fourth-order valence-electron chi connectivity index (χ4n) is 5.53. The number of aryl methyl sites for hydroxylation is 1. The molecule has 8 nitrogen and oxygen atoms in total. The van der Waals surface area contributed by atoms with Crippen LogP contribution in [-0.2, 0) is 17.5 Å². The molecule has 0 saturated heterocycles. The zero-order chi connectivity index (χ0) is 30.7. The molecule has 1 saturated carbocycles. The molecule has 1 unspecified atom stereocenters. The summed E-state index contributed by atoms with van der Waals surface area (Å²) in [5.41, 5.74) is 2.68. The molecule has 2 aromatic heterocycles. The third-order valence-electron chi connectivity index (χ3n) is 8.03. The highest BCUT2D eigenvalue weighted by molar-refractivity contribution is 5.93. The summed E-state index contributed by atoms with van der Waals surface area (Å²) in [6, 6.07) is 13.1. The zero-order valence-corrected chi connectivity index (χ0v) is 24.9. The number of hydrogen-bond acceptors (Lipinski definition) is 7. The maximum atomic E-state index is 13.3. The van der Waals surface area contributed by atoms with E-state index in [9.17, 15) is 18.0 Å². The zero-order valence-electron chi connectivity index (χ0n) is 24.9. The van der Waals surface area contributed by atoms with E-state index in [0.29, 0.717) is 34.3 Å². The van der Waals surface area contributed by atoms with E-state index in [2.05, 4.69) is 34.3 Å². The van der Waals surface area contributed by atoms with Gasteiger partial charge in [0.1, 0.15) is 11.3 Å². The van der Waals surface area contributed by atoms with Crippen molar-refractivity contribution in [3.05, 3.63) is 71.0 Å². The summed E-state index contributed by atoms with van der Waals surface area (Å²) >= 11 is 0. The molecule has 2 heterocycles. The van der Waals surface area contributed by atoms with Crippen molar-refractivity contribution in [3.8, 4) is 11.4 Å². The summed E-state index contributed by atoms with van der Waals surface area (Å²) < 4.78 is 46.7. The number of hydrogen-bond donors (Lipinski definition) is 1. The summed E-state index contributed by atoms with van der Waals surface area (Å²) in [5.74, 6) is 0.729. The molecular formula is C32H37F3N6O2. The molecule has 0 aliphatic heterocycles. The van der Waals surface area contributed by atoms with Crippen LogP contribution in [0.5, 0.6) is 0 Å². The SMILES string of the molecule is COC(=O)c1nc(NC(CCCN(C)C)C2CCC2)c2c(n1)nc(-c1cccc(C)c1)n2Cc1ccc(C(F)(F)F)cc1. The molecule has 228 valence electrons. The Morgan fingerprint density at radius 3 is 2.47 bits per heavy atom. The monoisotopic (exact) mass is 594 g/mol. The number of nitrogens with one attached hydrogen (secondary N) is 1. The van der Waals surface area contributed by atoms with Gasteiger partial charge in [0.25, 0.3) is 0 Å². The van der Waals surface area contributed by atoms with E-state index in [0.717, 1.165) is 55.5 Å². The summed E-state index contributed by atoms with van der Waals surface area (Å²) in [5, 5.41) is 3.66. The second kappa shape index (κ2) is 12.7. The Kier molecular flexibility index (Phi) is 9.00. The predicted octanol–water partition coefficient (Wildman–Crippen LogP) is 6.58. The number of benzene rings is 2. The van der Waals surface area contributed by atoms with E-state index in [4.69, 9.17) is 9.72 Å². The molecule has 0 bridgehead atoms. The molecule has 2 aromatic carbocycles. The predicted molar refractivity (Wildman–Crippen MR) is 160 cm³/mol. The van der Waals surface area contributed by atoms with Crippen LogP contribution >= 0.6 is 0 Å². The van der Waals surface area contributed by atoms with Crippen molar-refractivity contribution >= 4 is 23.0 Å². The number of carbonyl (C=O) groups excluding carboxylic acids is 1.